The Hall–Kier alpha value is -1.11. The van der Waals surface area contributed by atoms with Crippen LogP contribution in [0.1, 0.15) is 12.8 Å². The molecule has 0 radical (unpaired) electrons. The fourth-order valence-corrected chi connectivity index (χ4v) is 3.33. The number of hydrogen-bond donors (Lipinski definition) is 1. The Morgan fingerprint density at radius 1 is 1.39 bits per heavy atom. The Kier molecular flexibility index (Phi) is 1.95. The first-order valence-electron chi connectivity index (χ1n) is 5.55. The van der Waals surface area contributed by atoms with E-state index in [4.69, 9.17) is 27.9 Å². The van der Waals surface area contributed by atoms with Gasteiger partial charge in [-0.3, -0.25) is 4.57 Å². The van der Waals surface area contributed by atoms with Crippen molar-refractivity contribution in [3.63, 3.8) is 0 Å². The van der Waals surface area contributed by atoms with Gasteiger partial charge in [0.25, 0.3) is 0 Å². The van der Waals surface area contributed by atoms with Crippen LogP contribution >= 0.6 is 23.2 Å². The molecule has 4 heterocycles. The quantitative estimate of drug-likeness (QED) is 0.634. The van der Waals surface area contributed by atoms with Crippen molar-refractivity contribution in [2.45, 2.75) is 24.5 Å². The van der Waals surface area contributed by atoms with Gasteiger partial charge in [0.2, 0.25) is 5.28 Å². The van der Waals surface area contributed by atoms with Crippen LogP contribution in [0, 0.1) is 0 Å². The summed E-state index contributed by atoms with van der Waals surface area (Å²) in [5, 5.41) is 0.193. The Morgan fingerprint density at radius 3 is 2.83 bits per heavy atom. The van der Waals surface area contributed by atoms with E-state index in [0.717, 1.165) is 12.8 Å². The lowest BCUT2D eigenvalue weighted by molar-refractivity contribution is 0.113. The van der Waals surface area contributed by atoms with Crippen LogP contribution in [0.5, 0.6) is 0 Å². The molecule has 5 rings (SSSR count). The lowest BCUT2D eigenvalue weighted by Gasteiger charge is -2.35. The summed E-state index contributed by atoms with van der Waals surface area (Å²) in [6.07, 6.45) is 1.92. The van der Waals surface area contributed by atoms with Crippen molar-refractivity contribution in [3.8, 4) is 0 Å². The predicted octanol–water partition coefficient (Wildman–Crippen LogP) is 1.31. The highest BCUT2D eigenvalue weighted by atomic mass is 35.5. The molecule has 8 heteroatoms. The number of nitrogens with one attached hydrogen (secondary N) is 1. The van der Waals surface area contributed by atoms with E-state index in [1.165, 1.54) is 0 Å². The molecule has 1 aliphatic carbocycles. The number of fused-ring (bicyclic) bond motifs is 2. The van der Waals surface area contributed by atoms with Crippen molar-refractivity contribution < 1.29 is 4.74 Å². The van der Waals surface area contributed by atoms with Crippen LogP contribution < -0.4 is 5.69 Å². The van der Waals surface area contributed by atoms with Gasteiger partial charge in [-0.15, -0.1) is 0 Å². The number of aromatic amines is 1. The van der Waals surface area contributed by atoms with E-state index >= 15 is 0 Å². The van der Waals surface area contributed by atoms with Crippen LogP contribution in [0.15, 0.2) is 4.79 Å². The van der Waals surface area contributed by atoms with Gasteiger partial charge in [0.05, 0.1) is 18.2 Å². The van der Waals surface area contributed by atoms with E-state index in [2.05, 4.69) is 15.0 Å². The van der Waals surface area contributed by atoms with Crippen molar-refractivity contribution in [3.05, 3.63) is 20.9 Å². The fourth-order valence-electron chi connectivity index (χ4n) is 2.91. The smallest absolute Gasteiger partial charge is 0.328 e. The molecule has 3 fully saturated rings. The number of H-pyrrole nitrogens is 1. The van der Waals surface area contributed by atoms with Crippen molar-refractivity contribution in [1.82, 2.24) is 19.5 Å². The molecular formula is C10H8Cl2N4O2. The van der Waals surface area contributed by atoms with E-state index in [-0.39, 0.29) is 27.8 Å². The van der Waals surface area contributed by atoms with Crippen molar-refractivity contribution in [1.29, 1.82) is 0 Å². The largest absolute Gasteiger partial charge is 0.376 e. The molecule has 0 unspecified atom stereocenters. The highest BCUT2D eigenvalue weighted by Crippen LogP contribution is 2.48. The van der Waals surface area contributed by atoms with E-state index in [0.29, 0.717) is 17.8 Å². The highest BCUT2D eigenvalue weighted by molar-refractivity contribution is 6.35. The lowest BCUT2D eigenvalue weighted by atomic mass is 9.78. The van der Waals surface area contributed by atoms with Gasteiger partial charge < -0.3 is 9.72 Å². The van der Waals surface area contributed by atoms with Gasteiger partial charge in [-0.1, -0.05) is 11.6 Å². The minimum Gasteiger partial charge on any atom is -0.376 e. The van der Waals surface area contributed by atoms with Gasteiger partial charge in [0, 0.05) is 0 Å². The van der Waals surface area contributed by atoms with Crippen LogP contribution in [0.25, 0.3) is 11.2 Å². The molecule has 1 N–H and O–H groups in total. The molecule has 0 spiro atoms. The number of aromatic nitrogens is 4. The number of ether oxygens (including phenoxy) is 1. The first-order chi connectivity index (χ1) is 8.59. The number of hydrogen-bond acceptors (Lipinski definition) is 4. The Bertz CT molecular complexity index is 711. The standard InChI is InChI=1S/C10H8Cl2N4O2/c11-6-5-7(15-8(12)14-6)16(9(17)13-5)10-1-4(2-10)18-3-10/h4H,1-3H2,(H,13,17). The normalized spacial score (nSPS) is 29.8. The summed E-state index contributed by atoms with van der Waals surface area (Å²) in [7, 11) is 0. The molecule has 2 aliphatic heterocycles. The molecule has 1 saturated carbocycles. The number of rotatable bonds is 1. The summed E-state index contributed by atoms with van der Waals surface area (Å²) in [6.45, 7) is 0.532. The minimum absolute atomic E-state index is 0.0337. The Labute approximate surface area is 111 Å². The fraction of sp³-hybridized carbons (Fsp3) is 0.500. The molecule has 6 nitrogen and oxygen atoms in total. The zero-order valence-electron chi connectivity index (χ0n) is 9.11. The second kappa shape index (κ2) is 3.26. The number of halogens is 2. The van der Waals surface area contributed by atoms with Gasteiger partial charge in [-0.2, -0.15) is 4.98 Å². The Morgan fingerprint density at radius 2 is 2.17 bits per heavy atom. The second-order valence-corrected chi connectivity index (χ2v) is 5.51. The maximum absolute atomic E-state index is 12.1. The summed E-state index contributed by atoms with van der Waals surface area (Å²) in [5.74, 6) is 0. The predicted molar refractivity (Wildman–Crippen MR) is 65.1 cm³/mol. The van der Waals surface area contributed by atoms with Gasteiger partial charge >= 0.3 is 5.69 Å². The first kappa shape index (κ1) is 10.8. The van der Waals surface area contributed by atoms with Crippen LogP contribution in [-0.4, -0.2) is 32.2 Å². The third-order valence-electron chi connectivity index (χ3n) is 3.74. The van der Waals surface area contributed by atoms with Crippen LogP contribution in [0.3, 0.4) is 0 Å². The number of imidazole rings is 1. The summed E-state index contributed by atoms with van der Waals surface area (Å²) >= 11 is 11.8. The van der Waals surface area contributed by atoms with E-state index in [1.807, 2.05) is 0 Å². The highest BCUT2D eigenvalue weighted by Gasteiger charge is 2.55. The van der Waals surface area contributed by atoms with Crippen LogP contribution in [0.2, 0.25) is 10.4 Å². The SMILES string of the molecule is O=c1[nH]c2c(Cl)nc(Cl)nc2n1C12COC(C1)C2. The van der Waals surface area contributed by atoms with Crippen LogP contribution in [-0.2, 0) is 10.3 Å². The molecular weight excluding hydrogens is 279 g/mol. The van der Waals surface area contributed by atoms with E-state index in [1.54, 1.807) is 4.57 Å². The molecule has 2 bridgehead atoms. The zero-order valence-corrected chi connectivity index (χ0v) is 10.6. The van der Waals surface area contributed by atoms with Crippen LogP contribution in [0.4, 0.5) is 0 Å². The third kappa shape index (κ3) is 1.20. The summed E-state index contributed by atoms with van der Waals surface area (Å²) < 4.78 is 7.15. The van der Waals surface area contributed by atoms with E-state index in [9.17, 15) is 4.79 Å². The topological polar surface area (TPSA) is 72.8 Å². The van der Waals surface area contributed by atoms with Gasteiger partial charge in [0.15, 0.2) is 10.8 Å². The average molecular weight is 287 g/mol. The maximum Gasteiger partial charge on any atom is 0.328 e. The van der Waals surface area contributed by atoms with Crippen molar-refractivity contribution in [2.24, 2.45) is 0 Å². The average Bonchev–Trinajstić information content (AvgIpc) is 2.88. The molecule has 2 saturated heterocycles. The van der Waals surface area contributed by atoms with Crippen molar-refractivity contribution in [2.75, 3.05) is 6.61 Å². The zero-order chi connectivity index (χ0) is 12.5. The minimum atomic E-state index is -0.291. The van der Waals surface area contributed by atoms with E-state index < -0.39 is 0 Å². The van der Waals surface area contributed by atoms with Crippen molar-refractivity contribution >= 4 is 34.4 Å². The molecule has 3 aliphatic rings. The van der Waals surface area contributed by atoms with Gasteiger partial charge in [-0.25, -0.2) is 9.78 Å². The maximum atomic E-state index is 12.1. The molecule has 0 aromatic carbocycles. The summed E-state index contributed by atoms with van der Waals surface area (Å²) in [5.41, 5.74) is 0.346. The molecule has 0 atom stereocenters. The summed E-state index contributed by atoms with van der Waals surface area (Å²) in [6, 6.07) is 0. The number of nitrogens with zero attached hydrogens (tertiary/aromatic N) is 3. The second-order valence-electron chi connectivity index (χ2n) is 4.81. The molecule has 2 aromatic rings. The van der Waals surface area contributed by atoms with Gasteiger partial charge in [0.1, 0.15) is 5.52 Å². The monoisotopic (exact) mass is 286 g/mol. The molecule has 0 amide bonds. The molecule has 18 heavy (non-hydrogen) atoms. The summed E-state index contributed by atoms with van der Waals surface area (Å²) in [4.78, 5) is 22.7. The molecule has 94 valence electrons. The lowest BCUT2D eigenvalue weighted by Crippen LogP contribution is -2.47. The molecule has 2 aromatic heterocycles. The Balaban J connectivity index is 2.06. The first-order valence-corrected chi connectivity index (χ1v) is 6.30. The van der Waals surface area contributed by atoms with Gasteiger partial charge in [-0.05, 0) is 24.4 Å². The third-order valence-corrected chi connectivity index (χ3v) is 4.19.